The second kappa shape index (κ2) is 7.99. The molecule has 1 aliphatic heterocycles. The van der Waals surface area contributed by atoms with Gasteiger partial charge in [-0.1, -0.05) is 11.6 Å². The van der Waals surface area contributed by atoms with Crippen LogP contribution in [0.2, 0.25) is 5.02 Å². The van der Waals surface area contributed by atoms with Gasteiger partial charge in [0, 0.05) is 28.6 Å². The Labute approximate surface area is 178 Å². The molecule has 0 spiro atoms. The maximum absolute atomic E-state index is 13.2. The third-order valence-electron chi connectivity index (χ3n) is 5.11. The first-order valence-corrected chi connectivity index (χ1v) is 10.3. The molecule has 1 aromatic heterocycles. The minimum absolute atomic E-state index is 0.0839. The Morgan fingerprint density at radius 3 is 2.57 bits per heavy atom. The van der Waals surface area contributed by atoms with Crippen molar-refractivity contribution in [3.8, 4) is 23.0 Å². The van der Waals surface area contributed by atoms with Gasteiger partial charge in [-0.15, -0.1) is 10.2 Å². The standard InChI is InChI=1S/C22H20ClN3O4/c23-16-5-2-14(3-6-16)21-25-24-20(30-21)13-26(17-7-8-17)22(27)15-4-9-18-19(12-15)29-11-1-10-28-18/h2-6,9,12,17H,1,7-8,10-11,13H2. The zero-order valence-electron chi connectivity index (χ0n) is 16.2. The summed E-state index contributed by atoms with van der Waals surface area (Å²) in [7, 11) is 0. The average molecular weight is 426 g/mol. The smallest absolute Gasteiger partial charge is 0.254 e. The molecular formula is C22H20ClN3O4. The minimum Gasteiger partial charge on any atom is -0.490 e. The summed E-state index contributed by atoms with van der Waals surface area (Å²) in [5, 5.41) is 8.89. The molecule has 0 N–H and O–H groups in total. The third kappa shape index (κ3) is 3.98. The molecule has 2 aromatic carbocycles. The van der Waals surface area contributed by atoms with Crippen LogP contribution in [0.4, 0.5) is 0 Å². The largest absolute Gasteiger partial charge is 0.490 e. The molecule has 3 aromatic rings. The quantitative estimate of drug-likeness (QED) is 0.604. The molecule has 0 bridgehead atoms. The van der Waals surface area contributed by atoms with E-state index >= 15 is 0 Å². The highest BCUT2D eigenvalue weighted by Gasteiger charge is 2.34. The normalized spacial score (nSPS) is 15.5. The van der Waals surface area contributed by atoms with Crippen LogP contribution in [0.1, 0.15) is 35.5 Å². The van der Waals surface area contributed by atoms with E-state index in [4.69, 9.17) is 25.5 Å². The first kappa shape index (κ1) is 18.9. The number of hydrogen-bond donors (Lipinski definition) is 0. The van der Waals surface area contributed by atoms with Crippen LogP contribution in [-0.4, -0.2) is 40.3 Å². The van der Waals surface area contributed by atoms with E-state index in [-0.39, 0.29) is 18.5 Å². The summed E-state index contributed by atoms with van der Waals surface area (Å²) in [5.41, 5.74) is 1.34. The molecule has 1 amide bonds. The van der Waals surface area contributed by atoms with Gasteiger partial charge in [0.2, 0.25) is 11.8 Å². The SMILES string of the molecule is O=C(c1ccc2c(c1)OCCCO2)N(Cc1nnc(-c2ccc(Cl)cc2)o1)C1CC1. The lowest BCUT2D eigenvalue weighted by Crippen LogP contribution is -2.32. The zero-order valence-corrected chi connectivity index (χ0v) is 17.0. The lowest BCUT2D eigenvalue weighted by molar-refractivity contribution is 0.0714. The van der Waals surface area contributed by atoms with Crippen LogP contribution < -0.4 is 9.47 Å². The number of rotatable bonds is 5. The molecule has 0 radical (unpaired) electrons. The highest BCUT2D eigenvalue weighted by atomic mass is 35.5. The van der Waals surface area contributed by atoms with Gasteiger partial charge in [0.05, 0.1) is 19.8 Å². The van der Waals surface area contributed by atoms with Crippen molar-refractivity contribution < 1.29 is 18.7 Å². The Morgan fingerprint density at radius 1 is 1.03 bits per heavy atom. The molecule has 0 saturated heterocycles. The molecule has 2 aliphatic rings. The van der Waals surface area contributed by atoms with Crippen molar-refractivity contribution in [3.63, 3.8) is 0 Å². The number of benzene rings is 2. The minimum atomic E-state index is -0.0839. The molecule has 154 valence electrons. The molecule has 1 aliphatic carbocycles. The van der Waals surface area contributed by atoms with Crippen molar-refractivity contribution in [2.45, 2.75) is 31.8 Å². The molecule has 0 unspecified atom stereocenters. The molecule has 2 heterocycles. The Hall–Kier alpha value is -3.06. The molecule has 0 atom stereocenters. The van der Waals surface area contributed by atoms with Crippen molar-refractivity contribution in [3.05, 3.63) is 58.9 Å². The van der Waals surface area contributed by atoms with Crippen LogP contribution in [0.3, 0.4) is 0 Å². The molecule has 1 saturated carbocycles. The van der Waals surface area contributed by atoms with Crippen molar-refractivity contribution >= 4 is 17.5 Å². The zero-order chi connectivity index (χ0) is 20.5. The van der Waals surface area contributed by atoms with Gasteiger partial charge in [0.25, 0.3) is 5.91 Å². The van der Waals surface area contributed by atoms with Gasteiger partial charge in [-0.25, -0.2) is 0 Å². The molecule has 30 heavy (non-hydrogen) atoms. The van der Waals surface area contributed by atoms with Gasteiger partial charge in [0.1, 0.15) is 0 Å². The fraction of sp³-hybridized carbons (Fsp3) is 0.318. The van der Waals surface area contributed by atoms with Gasteiger partial charge >= 0.3 is 0 Å². The van der Waals surface area contributed by atoms with Gasteiger partial charge in [-0.05, 0) is 55.3 Å². The lowest BCUT2D eigenvalue weighted by atomic mass is 10.1. The van der Waals surface area contributed by atoms with E-state index in [0.29, 0.717) is 47.1 Å². The number of nitrogens with zero attached hydrogens (tertiary/aromatic N) is 3. The number of aromatic nitrogens is 2. The van der Waals surface area contributed by atoms with Gasteiger partial charge in [0.15, 0.2) is 11.5 Å². The molecule has 8 heteroatoms. The predicted molar refractivity (Wildman–Crippen MR) is 110 cm³/mol. The van der Waals surface area contributed by atoms with Crippen molar-refractivity contribution in [2.24, 2.45) is 0 Å². The fourth-order valence-electron chi connectivity index (χ4n) is 3.39. The number of carbonyl (C=O) groups is 1. The van der Waals surface area contributed by atoms with E-state index in [1.807, 2.05) is 12.1 Å². The number of carbonyl (C=O) groups excluding carboxylic acids is 1. The highest BCUT2D eigenvalue weighted by Crippen LogP contribution is 2.34. The Balaban J connectivity index is 1.36. The second-order valence-corrected chi connectivity index (χ2v) is 7.82. The molecular weight excluding hydrogens is 406 g/mol. The Morgan fingerprint density at radius 2 is 1.80 bits per heavy atom. The van der Waals surface area contributed by atoms with Gasteiger partial charge in [-0.2, -0.15) is 0 Å². The summed E-state index contributed by atoms with van der Waals surface area (Å²) in [6.07, 6.45) is 2.75. The number of hydrogen-bond acceptors (Lipinski definition) is 6. The predicted octanol–water partition coefficient (Wildman–Crippen LogP) is 4.36. The van der Waals surface area contributed by atoms with Crippen LogP contribution in [0.25, 0.3) is 11.5 Å². The number of halogens is 1. The number of ether oxygens (including phenoxy) is 2. The fourth-order valence-corrected chi connectivity index (χ4v) is 3.51. The second-order valence-electron chi connectivity index (χ2n) is 7.38. The molecule has 7 nitrogen and oxygen atoms in total. The number of amides is 1. The Bertz CT molecular complexity index is 1060. The average Bonchev–Trinajstić information content (AvgIpc) is 3.54. The van der Waals surface area contributed by atoms with Crippen LogP contribution in [0.5, 0.6) is 11.5 Å². The summed E-state index contributed by atoms with van der Waals surface area (Å²) < 4.78 is 17.2. The summed E-state index contributed by atoms with van der Waals surface area (Å²) >= 11 is 5.93. The van der Waals surface area contributed by atoms with E-state index in [1.165, 1.54) is 0 Å². The van der Waals surface area contributed by atoms with E-state index in [1.54, 1.807) is 35.2 Å². The van der Waals surface area contributed by atoms with Crippen molar-refractivity contribution in [1.29, 1.82) is 0 Å². The summed E-state index contributed by atoms with van der Waals surface area (Å²) in [4.78, 5) is 15.0. The Kier molecular flexibility index (Phi) is 5.04. The van der Waals surface area contributed by atoms with Gasteiger partial charge < -0.3 is 18.8 Å². The maximum Gasteiger partial charge on any atom is 0.254 e. The van der Waals surface area contributed by atoms with E-state index in [2.05, 4.69) is 10.2 Å². The first-order valence-electron chi connectivity index (χ1n) is 9.96. The summed E-state index contributed by atoms with van der Waals surface area (Å²) in [5.74, 6) is 2.00. The van der Waals surface area contributed by atoms with E-state index < -0.39 is 0 Å². The lowest BCUT2D eigenvalue weighted by Gasteiger charge is -2.21. The van der Waals surface area contributed by atoms with Crippen LogP contribution in [0.15, 0.2) is 46.9 Å². The van der Waals surface area contributed by atoms with Gasteiger partial charge in [-0.3, -0.25) is 4.79 Å². The van der Waals surface area contributed by atoms with Crippen molar-refractivity contribution in [2.75, 3.05) is 13.2 Å². The van der Waals surface area contributed by atoms with Crippen LogP contribution >= 0.6 is 11.6 Å². The number of fused-ring (bicyclic) bond motifs is 1. The highest BCUT2D eigenvalue weighted by molar-refractivity contribution is 6.30. The van der Waals surface area contributed by atoms with Crippen LogP contribution in [-0.2, 0) is 6.54 Å². The third-order valence-corrected chi connectivity index (χ3v) is 5.36. The molecule has 1 fully saturated rings. The van der Waals surface area contributed by atoms with E-state index in [0.717, 1.165) is 24.8 Å². The first-order chi connectivity index (χ1) is 14.7. The maximum atomic E-state index is 13.2. The summed E-state index contributed by atoms with van der Waals surface area (Å²) in [6, 6.07) is 12.7. The van der Waals surface area contributed by atoms with E-state index in [9.17, 15) is 4.79 Å². The van der Waals surface area contributed by atoms with Crippen LogP contribution in [0, 0.1) is 0 Å². The molecule has 5 rings (SSSR count). The monoisotopic (exact) mass is 425 g/mol. The topological polar surface area (TPSA) is 77.7 Å². The summed E-state index contributed by atoms with van der Waals surface area (Å²) in [6.45, 7) is 1.45. The van der Waals surface area contributed by atoms with Crippen molar-refractivity contribution in [1.82, 2.24) is 15.1 Å².